The van der Waals surface area contributed by atoms with Crippen LogP contribution in [0.2, 0.25) is 0 Å². The summed E-state index contributed by atoms with van der Waals surface area (Å²) in [4.78, 5) is 4.12. The molecule has 1 aromatic rings. The first-order valence-electron chi connectivity index (χ1n) is 3.88. The van der Waals surface area contributed by atoms with Gasteiger partial charge in [0.2, 0.25) is 0 Å². The Hall–Kier alpha value is -0.790. The van der Waals surface area contributed by atoms with E-state index >= 15 is 0 Å². The van der Waals surface area contributed by atoms with Crippen LogP contribution in [-0.2, 0) is 6.54 Å². The van der Waals surface area contributed by atoms with Gasteiger partial charge in [-0.05, 0) is 11.8 Å². The van der Waals surface area contributed by atoms with Crippen molar-refractivity contribution in [3.63, 3.8) is 0 Å². The van der Waals surface area contributed by atoms with Crippen LogP contribution in [0.5, 0.6) is 0 Å². The van der Waals surface area contributed by atoms with Crippen molar-refractivity contribution in [1.29, 1.82) is 0 Å². The summed E-state index contributed by atoms with van der Waals surface area (Å²) in [7, 11) is 0. The van der Waals surface area contributed by atoms with Crippen molar-refractivity contribution in [2.45, 2.75) is 19.4 Å². The van der Waals surface area contributed by atoms with Gasteiger partial charge in [0.25, 0.3) is 0 Å². The normalized spacial score (nSPS) is 41.1. The van der Waals surface area contributed by atoms with Crippen molar-refractivity contribution in [3.8, 4) is 0 Å². The minimum Gasteiger partial charge on any atom is -0.334 e. The highest BCUT2D eigenvalue weighted by molar-refractivity contribution is 5.24. The van der Waals surface area contributed by atoms with Crippen LogP contribution >= 0.6 is 0 Å². The smallest absolute Gasteiger partial charge is 0.0948 e. The summed E-state index contributed by atoms with van der Waals surface area (Å²) in [6, 6.07) is 0. The Labute approximate surface area is 59.9 Å². The van der Waals surface area contributed by atoms with Gasteiger partial charge in [-0.2, -0.15) is 0 Å². The van der Waals surface area contributed by atoms with Gasteiger partial charge in [0.15, 0.2) is 0 Å². The third-order valence-electron chi connectivity index (χ3n) is 3.06. The van der Waals surface area contributed by atoms with Gasteiger partial charge in [-0.25, -0.2) is 4.98 Å². The van der Waals surface area contributed by atoms with Gasteiger partial charge in [0.1, 0.15) is 0 Å². The highest BCUT2D eigenvalue weighted by Crippen LogP contribution is 2.58. The van der Waals surface area contributed by atoms with Crippen molar-refractivity contribution < 1.29 is 0 Å². The Kier molecular flexibility index (Phi) is 0.636. The van der Waals surface area contributed by atoms with Crippen molar-refractivity contribution in [3.05, 3.63) is 18.2 Å². The summed E-state index contributed by atoms with van der Waals surface area (Å²) in [5.41, 5.74) is 1.47. The summed E-state index contributed by atoms with van der Waals surface area (Å²) in [6.07, 6.45) is 3.97. The number of aromatic nitrogens is 2. The second-order valence-electron chi connectivity index (χ2n) is 3.52. The fourth-order valence-corrected chi connectivity index (χ4v) is 2.30. The first-order valence-corrected chi connectivity index (χ1v) is 3.88. The zero-order chi connectivity index (χ0) is 6.72. The number of hydrogen-bond donors (Lipinski definition) is 0. The molecule has 2 heteroatoms. The Morgan fingerprint density at radius 1 is 1.70 bits per heavy atom. The van der Waals surface area contributed by atoms with Crippen LogP contribution in [0.1, 0.15) is 18.5 Å². The molecule has 2 heterocycles. The fourth-order valence-electron chi connectivity index (χ4n) is 2.30. The predicted molar refractivity (Wildman–Crippen MR) is 37.6 cm³/mol. The molecule has 3 rings (SSSR count). The number of imidazole rings is 1. The van der Waals surface area contributed by atoms with E-state index in [9.17, 15) is 0 Å². The Morgan fingerprint density at radius 3 is 3.50 bits per heavy atom. The highest BCUT2D eigenvalue weighted by Gasteiger charge is 2.53. The van der Waals surface area contributed by atoms with Gasteiger partial charge in [-0.1, -0.05) is 6.92 Å². The van der Waals surface area contributed by atoms with Crippen molar-refractivity contribution in [2.75, 3.05) is 0 Å². The molecule has 1 fully saturated rings. The molecular weight excluding hydrogens is 124 g/mol. The largest absolute Gasteiger partial charge is 0.334 e. The molecule has 1 saturated carbocycles. The summed E-state index contributed by atoms with van der Waals surface area (Å²) in [5.74, 6) is 2.75. The number of fused-ring (bicyclic) bond motifs is 3. The molecule has 0 aromatic carbocycles. The second kappa shape index (κ2) is 1.29. The Morgan fingerprint density at radius 2 is 2.60 bits per heavy atom. The van der Waals surface area contributed by atoms with E-state index in [-0.39, 0.29) is 0 Å². The van der Waals surface area contributed by atoms with Gasteiger partial charge < -0.3 is 4.57 Å². The van der Waals surface area contributed by atoms with Crippen molar-refractivity contribution in [1.82, 2.24) is 9.55 Å². The van der Waals surface area contributed by atoms with E-state index in [0.29, 0.717) is 0 Å². The summed E-state index contributed by atoms with van der Waals surface area (Å²) < 4.78 is 2.29. The van der Waals surface area contributed by atoms with Crippen molar-refractivity contribution >= 4 is 0 Å². The van der Waals surface area contributed by atoms with E-state index in [0.717, 1.165) is 17.8 Å². The molecule has 1 aromatic heterocycles. The zero-order valence-corrected chi connectivity index (χ0v) is 5.99. The Balaban J connectivity index is 2.14. The third-order valence-corrected chi connectivity index (χ3v) is 3.06. The lowest BCUT2D eigenvalue weighted by Crippen LogP contribution is -1.97. The second-order valence-corrected chi connectivity index (χ2v) is 3.52. The molecule has 52 valence electrons. The fraction of sp³-hybridized carbons (Fsp3) is 0.625. The average molecular weight is 134 g/mol. The average Bonchev–Trinajstić information content (AvgIpc) is 2.27. The van der Waals surface area contributed by atoms with Crippen LogP contribution in [-0.4, -0.2) is 9.55 Å². The molecule has 0 spiro atoms. The number of hydrogen-bond acceptors (Lipinski definition) is 1. The minimum atomic E-state index is 0.863. The SMILES string of the molecule is CC1C2Cn3cncc3C12. The van der Waals surface area contributed by atoms with Gasteiger partial charge in [-0.3, -0.25) is 0 Å². The molecule has 3 unspecified atom stereocenters. The number of nitrogens with zero attached hydrogens (tertiary/aromatic N) is 2. The zero-order valence-electron chi connectivity index (χ0n) is 5.99. The summed E-state index contributed by atoms with van der Waals surface area (Å²) in [5, 5.41) is 0. The minimum absolute atomic E-state index is 0.863. The van der Waals surface area contributed by atoms with Gasteiger partial charge in [0.05, 0.1) is 6.33 Å². The molecule has 0 N–H and O–H groups in total. The van der Waals surface area contributed by atoms with Crippen LogP contribution < -0.4 is 0 Å². The molecule has 0 radical (unpaired) electrons. The van der Waals surface area contributed by atoms with Crippen LogP contribution in [0.25, 0.3) is 0 Å². The van der Waals surface area contributed by atoms with E-state index in [4.69, 9.17) is 0 Å². The monoisotopic (exact) mass is 134 g/mol. The standard InChI is InChI=1S/C8H10N2/c1-5-6-3-10-4-9-2-7(10)8(5)6/h2,4-6,8H,3H2,1H3. The molecule has 10 heavy (non-hydrogen) atoms. The van der Waals surface area contributed by atoms with E-state index in [1.165, 1.54) is 12.2 Å². The summed E-state index contributed by atoms with van der Waals surface area (Å²) >= 11 is 0. The van der Waals surface area contributed by atoms with Crippen LogP contribution in [0.15, 0.2) is 12.5 Å². The third kappa shape index (κ3) is 0.376. The van der Waals surface area contributed by atoms with E-state index in [2.05, 4.69) is 16.5 Å². The van der Waals surface area contributed by atoms with Crippen molar-refractivity contribution in [2.24, 2.45) is 11.8 Å². The number of rotatable bonds is 0. The maximum absolute atomic E-state index is 4.12. The Bertz CT molecular complexity index is 277. The lowest BCUT2D eigenvalue weighted by Gasteiger charge is -1.99. The maximum Gasteiger partial charge on any atom is 0.0948 e. The predicted octanol–water partition coefficient (Wildman–Crippen LogP) is 1.25. The first-order chi connectivity index (χ1) is 4.88. The van der Waals surface area contributed by atoms with E-state index in [1.54, 1.807) is 0 Å². The van der Waals surface area contributed by atoms with Gasteiger partial charge in [0, 0.05) is 24.4 Å². The van der Waals surface area contributed by atoms with E-state index < -0.39 is 0 Å². The lowest BCUT2D eigenvalue weighted by atomic mass is 10.3. The molecule has 0 saturated heterocycles. The molecular formula is C8H10N2. The summed E-state index contributed by atoms with van der Waals surface area (Å²) in [6.45, 7) is 3.56. The quantitative estimate of drug-likeness (QED) is 0.522. The topological polar surface area (TPSA) is 17.8 Å². The molecule has 2 nitrogen and oxygen atoms in total. The van der Waals surface area contributed by atoms with Crippen LogP contribution in [0.3, 0.4) is 0 Å². The lowest BCUT2D eigenvalue weighted by molar-refractivity contribution is 0.608. The van der Waals surface area contributed by atoms with Crippen LogP contribution in [0.4, 0.5) is 0 Å². The highest BCUT2D eigenvalue weighted by atomic mass is 15.1. The molecule has 0 bridgehead atoms. The molecule has 0 amide bonds. The molecule has 2 aliphatic rings. The van der Waals surface area contributed by atoms with Gasteiger partial charge in [-0.15, -0.1) is 0 Å². The molecule has 1 aliphatic heterocycles. The van der Waals surface area contributed by atoms with Crippen LogP contribution in [0, 0.1) is 11.8 Å². The first kappa shape index (κ1) is 4.94. The van der Waals surface area contributed by atoms with Gasteiger partial charge >= 0.3 is 0 Å². The maximum atomic E-state index is 4.12. The molecule has 1 aliphatic carbocycles. The van der Waals surface area contributed by atoms with E-state index in [1.807, 2.05) is 12.5 Å². The molecule has 3 atom stereocenters.